The Morgan fingerprint density at radius 2 is 2.19 bits per heavy atom. The fourth-order valence-corrected chi connectivity index (χ4v) is 1.47. The number of aliphatic hydroxyl groups is 1. The Balaban J connectivity index is 2.80. The summed E-state index contributed by atoms with van der Waals surface area (Å²) in [6, 6.07) is 1.90. The molecule has 1 aromatic rings. The molecule has 0 bridgehead atoms. The maximum Gasteiger partial charge on any atom is 0.134 e. The summed E-state index contributed by atoms with van der Waals surface area (Å²) in [6.45, 7) is 5.58. The highest BCUT2D eigenvalue weighted by atomic mass is 16.3. The van der Waals surface area contributed by atoms with Gasteiger partial charge in [0.1, 0.15) is 17.5 Å². The minimum Gasteiger partial charge on any atom is -0.395 e. The quantitative estimate of drug-likeness (QED) is 0.756. The molecule has 1 aromatic heterocycles. The van der Waals surface area contributed by atoms with Gasteiger partial charge in [0.25, 0.3) is 0 Å². The van der Waals surface area contributed by atoms with Crippen LogP contribution in [0.4, 0.5) is 11.6 Å². The van der Waals surface area contributed by atoms with Crippen LogP contribution in [0.3, 0.4) is 0 Å². The van der Waals surface area contributed by atoms with E-state index in [2.05, 4.69) is 27.1 Å². The van der Waals surface area contributed by atoms with E-state index in [0.717, 1.165) is 30.4 Å². The van der Waals surface area contributed by atoms with E-state index in [0.29, 0.717) is 6.54 Å². The van der Waals surface area contributed by atoms with Crippen molar-refractivity contribution < 1.29 is 5.11 Å². The van der Waals surface area contributed by atoms with Gasteiger partial charge in [0.05, 0.1) is 6.61 Å². The van der Waals surface area contributed by atoms with E-state index in [1.54, 1.807) is 0 Å². The molecule has 0 aliphatic carbocycles. The molecule has 5 heteroatoms. The van der Waals surface area contributed by atoms with Crippen molar-refractivity contribution in [2.45, 2.75) is 20.3 Å². The second kappa shape index (κ2) is 6.27. The van der Waals surface area contributed by atoms with Crippen LogP contribution in [-0.4, -0.2) is 41.8 Å². The van der Waals surface area contributed by atoms with Gasteiger partial charge in [-0.05, 0) is 13.3 Å². The number of hydrogen-bond donors (Lipinski definition) is 2. The SMILES string of the molecule is CCCN(C)c1cc(NCCO)nc(C)n1. The van der Waals surface area contributed by atoms with Gasteiger partial charge in [-0.3, -0.25) is 0 Å². The zero-order valence-corrected chi connectivity index (χ0v) is 10.2. The number of aliphatic hydroxyl groups excluding tert-OH is 1. The Hall–Kier alpha value is -1.36. The van der Waals surface area contributed by atoms with E-state index in [4.69, 9.17) is 5.11 Å². The molecule has 1 rings (SSSR count). The first kappa shape index (κ1) is 12.7. The predicted molar refractivity (Wildman–Crippen MR) is 65.9 cm³/mol. The molecule has 0 saturated heterocycles. The Labute approximate surface area is 96.5 Å². The molecule has 0 amide bonds. The van der Waals surface area contributed by atoms with Crippen molar-refractivity contribution in [3.8, 4) is 0 Å². The first-order valence-electron chi connectivity index (χ1n) is 5.59. The molecule has 0 aliphatic rings. The molecular formula is C11H20N4O. The van der Waals surface area contributed by atoms with E-state index in [9.17, 15) is 0 Å². The average Bonchev–Trinajstić information content (AvgIpc) is 2.26. The second-order valence-electron chi connectivity index (χ2n) is 3.73. The van der Waals surface area contributed by atoms with E-state index in [1.165, 1.54) is 0 Å². The normalized spacial score (nSPS) is 10.2. The lowest BCUT2D eigenvalue weighted by Gasteiger charge is -2.18. The van der Waals surface area contributed by atoms with Crippen molar-refractivity contribution in [1.29, 1.82) is 0 Å². The van der Waals surface area contributed by atoms with Gasteiger partial charge in [0, 0.05) is 26.2 Å². The van der Waals surface area contributed by atoms with Crippen molar-refractivity contribution >= 4 is 11.6 Å². The minimum absolute atomic E-state index is 0.100. The van der Waals surface area contributed by atoms with Gasteiger partial charge < -0.3 is 15.3 Å². The molecule has 2 N–H and O–H groups in total. The second-order valence-corrected chi connectivity index (χ2v) is 3.73. The van der Waals surface area contributed by atoms with Crippen molar-refractivity contribution in [2.24, 2.45) is 0 Å². The summed E-state index contributed by atoms with van der Waals surface area (Å²) >= 11 is 0. The molecule has 0 unspecified atom stereocenters. The summed E-state index contributed by atoms with van der Waals surface area (Å²) in [7, 11) is 2.01. The standard InChI is InChI=1S/C11H20N4O/c1-4-6-15(3)11-8-10(12-5-7-16)13-9(2)14-11/h8,16H,4-7H2,1-3H3,(H,12,13,14). The van der Waals surface area contributed by atoms with Crippen molar-refractivity contribution in [1.82, 2.24) is 9.97 Å². The van der Waals surface area contributed by atoms with Gasteiger partial charge in [-0.2, -0.15) is 0 Å². The van der Waals surface area contributed by atoms with Crippen LogP contribution in [0, 0.1) is 6.92 Å². The third kappa shape index (κ3) is 3.66. The number of hydrogen-bond acceptors (Lipinski definition) is 5. The van der Waals surface area contributed by atoms with Gasteiger partial charge in [-0.1, -0.05) is 6.92 Å². The third-order valence-corrected chi connectivity index (χ3v) is 2.19. The van der Waals surface area contributed by atoms with Gasteiger partial charge >= 0.3 is 0 Å². The predicted octanol–water partition coefficient (Wildman–Crippen LogP) is 1.04. The van der Waals surface area contributed by atoms with Gasteiger partial charge in [0.2, 0.25) is 0 Å². The maximum absolute atomic E-state index is 8.74. The lowest BCUT2D eigenvalue weighted by atomic mass is 10.4. The van der Waals surface area contributed by atoms with Crippen LogP contribution in [0.25, 0.3) is 0 Å². The molecular weight excluding hydrogens is 204 g/mol. The first-order valence-corrected chi connectivity index (χ1v) is 5.59. The molecule has 0 spiro atoms. The van der Waals surface area contributed by atoms with Crippen molar-refractivity contribution in [3.63, 3.8) is 0 Å². The minimum atomic E-state index is 0.100. The summed E-state index contributed by atoms with van der Waals surface area (Å²) in [5.41, 5.74) is 0. The number of nitrogens with one attached hydrogen (secondary N) is 1. The fraction of sp³-hybridized carbons (Fsp3) is 0.636. The van der Waals surface area contributed by atoms with Crippen LogP contribution in [0.2, 0.25) is 0 Å². The lowest BCUT2D eigenvalue weighted by Crippen LogP contribution is -2.20. The highest BCUT2D eigenvalue weighted by molar-refractivity contribution is 5.48. The maximum atomic E-state index is 8.74. The number of aryl methyl sites for hydroxylation is 1. The molecule has 0 atom stereocenters. The summed E-state index contributed by atoms with van der Waals surface area (Å²) in [5, 5.41) is 11.8. The molecule has 0 aliphatic heterocycles. The van der Waals surface area contributed by atoms with Crippen LogP contribution in [0.5, 0.6) is 0 Å². The highest BCUT2D eigenvalue weighted by Crippen LogP contribution is 2.14. The van der Waals surface area contributed by atoms with E-state index in [-0.39, 0.29) is 6.61 Å². The van der Waals surface area contributed by atoms with E-state index in [1.807, 2.05) is 20.0 Å². The molecule has 5 nitrogen and oxygen atoms in total. The number of anilines is 2. The fourth-order valence-electron chi connectivity index (χ4n) is 1.47. The molecule has 0 aromatic carbocycles. The van der Waals surface area contributed by atoms with E-state index < -0.39 is 0 Å². The smallest absolute Gasteiger partial charge is 0.134 e. The van der Waals surface area contributed by atoms with Crippen LogP contribution < -0.4 is 10.2 Å². The van der Waals surface area contributed by atoms with Gasteiger partial charge in [-0.25, -0.2) is 9.97 Å². The summed E-state index contributed by atoms with van der Waals surface area (Å²) in [5.74, 6) is 2.41. The average molecular weight is 224 g/mol. The Kier molecular flexibility index (Phi) is 4.98. The Morgan fingerprint density at radius 1 is 1.44 bits per heavy atom. The third-order valence-electron chi connectivity index (χ3n) is 2.19. The first-order chi connectivity index (χ1) is 7.67. The molecule has 16 heavy (non-hydrogen) atoms. The Bertz CT molecular complexity index is 330. The van der Waals surface area contributed by atoms with Crippen molar-refractivity contribution in [2.75, 3.05) is 37.0 Å². The van der Waals surface area contributed by atoms with E-state index >= 15 is 0 Å². The van der Waals surface area contributed by atoms with Crippen LogP contribution in [0.1, 0.15) is 19.2 Å². The van der Waals surface area contributed by atoms with Crippen molar-refractivity contribution in [3.05, 3.63) is 11.9 Å². The molecule has 0 radical (unpaired) electrons. The van der Waals surface area contributed by atoms with Crippen LogP contribution >= 0.6 is 0 Å². The molecule has 1 heterocycles. The molecule has 90 valence electrons. The van der Waals surface area contributed by atoms with Gasteiger partial charge in [-0.15, -0.1) is 0 Å². The number of rotatable bonds is 6. The summed E-state index contributed by atoms with van der Waals surface area (Å²) in [4.78, 5) is 10.7. The van der Waals surface area contributed by atoms with Crippen LogP contribution in [0.15, 0.2) is 6.07 Å². The number of nitrogens with zero attached hydrogens (tertiary/aromatic N) is 3. The topological polar surface area (TPSA) is 61.3 Å². The largest absolute Gasteiger partial charge is 0.395 e. The zero-order chi connectivity index (χ0) is 12.0. The van der Waals surface area contributed by atoms with Gasteiger partial charge in [0.15, 0.2) is 0 Å². The highest BCUT2D eigenvalue weighted by Gasteiger charge is 2.05. The van der Waals surface area contributed by atoms with Crippen LogP contribution in [-0.2, 0) is 0 Å². The molecule has 0 saturated carbocycles. The molecule has 0 fully saturated rings. The Morgan fingerprint density at radius 3 is 2.81 bits per heavy atom. The zero-order valence-electron chi connectivity index (χ0n) is 10.2. The number of aromatic nitrogens is 2. The lowest BCUT2D eigenvalue weighted by molar-refractivity contribution is 0.311. The summed E-state index contributed by atoms with van der Waals surface area (Å²) < 4.78 is 0. The summed E-state index contributed by atoms with van der Waals surface area (Å²) in [6.07, 6.45) is 1.08. The monoisotopic (exact) mass is 224 g/mol.